The average Bonchev–Trinajstić information content (AvgIpc) is 2.71. The molecule has 0 aliphatic heterocycles. The molecule has 0 radical (unpaired) electrons. The number of aryl methyl sites for hydroxylation is 1. The lowest BCUT2D eigenvalue weighted by Gasteiger charge is -2.24. The quantitative estimate of drug-likeness (QED) is 0.618. The van der Waals surface area contributed by atoms with Gasteiger partial charge in [-0.15, -0.1) is 5.73 Å². The van der Waals surface area contributed by atoms with Crippen molar-refractivity contribution in [2.75, 3.05) is 31.4 Å². The van der Waals surface area contributed by atoms with Crippen LogP contribution >= 0.6 is 0 Å². The van der Waals surface area contributed by atoms with E-state index in [0.717, 1.165) is 23.2 Å². The first kappa shape index (κ1) is 20.3. The zero-order valence-corrected chi connectivity index (χ0v) is 17.9. The molecule has 1 N–H and O–H groups in total. The van der Waals surface area contributed by atoms with Crippen LogP contribution in [0.1, 0.15) is 22.6 Å². The Labute approximate surface area is 181 Å². The highest BCUT2D eigenvalue weighted by molar-refractivity contribution is 6.01. The molecule has 4 rings (SSSR count). The number of anilines is 3. The highest BCUT2D eigenvalue weighted by Crippen LogP contribution is 2.28. The largest absolute Gasteiger partial charge is 0.362 e. The lowest BCUT2D eigenvalue weighted by Crippen LogP contribution is -2.29. The highest BCUT2D eigenvalue weighted by Gasteiger charge is 2.22. The van der Waals surface area contributed by atoms with Gasteiger partial charge in [0.25, 0.3) is 5.91 Å². The Kier molecular flexibility index (Phi) is 5.47. The number of pyridine rings is 2. The summed E-state index contributed by atoms with van der Waals surface area (Å²) >= 11 is 0. The van der Waals surface area contributed by atoms with Crippen LogP contribution in [-0.2, 0) is 0 Å². The molecule has 0 spiro atoms. The second-order valence-corrected chi connectivity index (χ2v) is 7.40. The fourth-order valence-corrected chi connectivity index (χ4v) is 3.20. The monoisotopic (exact) mass is 413 g/mol. The number of nitrogens with zero attached hydrogens (tertiary/aromatic N) is 6. The molecule has 0 atom stereocenters. The minimum atomic E-state index is -0.113. The van der Waals surface area contributed by atoms with Crippen molar-refractivity contribution < 1.29 is 4.79 Å². The Morgan fingerprint density at radius 3 is 2.48 bits per heavy atom. The van der Waals surface area contributed by atoms with Gasteiger partial charge in [-0.3, -0.25) is 4.79 Å². The van der Waals surface area contributed by atoms with Crippen molar-refractivity contribution in [3.63, 3.8) is 0 Å². The third-order valence-corrected chi connectivity index (χ3v) is 4.92. The topological polar surface area (TPSA) is 87.1 Å². The van der Waals surface area contributed by atoms with E-state index in [4.69, 9.17) is 0 Å². The van der Waals surface area contributed by atoms with Crippen molar-refractivity contribution in [1.29, 1.82) is 0 Å². The van der Waals surface area contributed by atoms with Gasteiger partial charge in [0.15, 0.2) is 0 Å². The number of hydrogen-bond acceptors (Lipinski definition) is 7. The third-order valence-electron chi connectivity index (χ3n) is 4.92. The predicted molar refractivity (Wildman–Crippen MR) is 120 cm³/mol. The van der Waals surface area contributed by atoms with Crippen molar-refractivity contribution in [3.8, 4) is 11.1 Å². The van der Waals surface area contributed by atoms with Crippen LogP contribution < -0.4 is 10.2 Å². The summed E-state index contributed by atoms with van der Waals surface area (Å²) in [5.41, 5.74) is 6.18. The van der Waals surface area contributed by atoms with Crippen LogP contribution in [-0.4, -0.2) is 51.9 Å². The van der Waals surface area contributed by atoms with Gasteiger partial charge in [-0.2, -0.15) is 0 Å². The first-order valence-corrected chi connectivity index (χ1v) is 9.85. The van der Waals surface area contributed by atoms with Gasteiger partial charge in [-0.05, 0) is 42.8 Å². The number of rotatable bonds is 6. The summed E-state index contributed by atoms with van der Waals surface area (Å²) in [5.74, 6) is 2.49. The molecule has 1 aliphatic rings. The Morgan fingerprint density at radius 1 is 1.03 bits per heavy atom. The molecular formula is C23H23N7O. The molecule has 1 amide bonds. The van der Waals surface area contributed by atoms with Crippen LogP contribution in [0.15, 0.2) is 60.4 Å². The standard InChI is InChI=1S/C23H23N7O/c1-15-24-11-9-20(27-15)28-21-13-16(8-10-25-21)17-12-19(22(26-14-17)29(2)3)23(31)30(4)18-6-5-7-18/h5,8-14H,6H2,1-4H3,(H,24,25,27,28). The van der Waals surface area contributed by atoms with Gasteiger partial charge in [0.05, 0.1) is 11.3 Å². The van der Waals surface area contributed by atoms with E-state index < -0.39 is 0 Å². The third kappa shape index (κ3) is 4.29. The van der Waals surface area contributed by atoms with Crippen LogP contribution in [0.5, 0.6) is 0 Å². The molecule has 31 heavy (non-hydrogen) atoms. The Hall–Kier alpha value is -4.03. The van der Waals surface area contributed by atoms with Gasteiger partial charge >= 0.3 is 0 Å². The van der Waals surface area contributed by atoms with E-state index in [0.29, 0.717) is 28.8 Å². The van der Waals surface area contributed by atoms with Gasteiger partial charge in [-0.1, -0.05) is 0 Å². The molecule has 0 bridgehead atoms. The summed E-state index contributed by atoms with van der Waals surface area (Å²) in [6.45, 7) is 1.83. The molecule has 1 aliphatic carbocycles. The number of nitrogens with one attached hydrogen (secondary N) is 1. The van der Waals surface area contributed by atoms with E-state index in [1.807, 2.05) is 50.2 Å². The molecule has 0 unspecified atom stereocenters. The molecule has 156 valence electrons. The van der Waals surface area contributed by atoms with Crippen molar-refractivity contribution >= 4 is 23.4 Å². The molecule has 8 nitrogen and oxygen atoms in total. The summed E-state index contributed by atoms with van der Waals surface area (Å²) in [4.78, 5) is 34.0. The Bertz CT molecular complexity index is 1210. The minimum Gasteiger partial charge on any atom is -0.362 e. The average molecular weight is 413 g/mol. The Balaban J connectivity index is 1.68. The van der Waals surface area contributed by atoms with E-state index in [9.17, 15) is 4.79 Å². The molecule has 0 saturated heterocycles. The normalized spacial score (nSPS) is 12.1. The van der Waals surface area contributed by atoms with E-state index in [1.165, 1.54) is 0 Å². The Morgan fingerprint density at radius 2 is 1.81 bits per heavy atom. The van der Waals surface area contributed by atoms with Gasteiger partial charge in [0.1, 0.15) is 23.3 Å². The first-order valence-electron chi connectivity index (χ1n) is 9.85. The van der Waals surface area contributed by atoms with Gasteiger partial charge in [0, 0.05) is 51.7 Å². The van der Waals surface area contributed by atoms with Crippen LogP contribution in [0, 0.1) is 6.92 Å². The van der Waals surface area contributed by atoms with Crippen LogP contribution in [0.4, 0.5) is 17.5 Å². The van der Waals surface area contributed by atoms with Crippen molar-refractivity contribution in [1.82, 2.24) is 24.8 Å². The summed E-state index contributed by atoms with van der Waals surface area (Å²) < 4.78 is 0. The number of carbonyl (C=O) groups excluding carboxylic acids is 1. The molecule has 0 aromatic carbocycles. The molecule has 3 aromatic heterocycles. The van der Waals surface area contributed by atoms with Crippen molar-refractivity contribution in [2.24, 2.45) is 0 Å². The SMILES string of the molecule is Cc1nccc(Nc2cc(-c3cnc(N(C)C)c(C(=O)N(C)C4=C=CC4)c3)ccn2)n1. The minimum absolute atomic E-state index is 0.113. The zero-order chi connectivity index (χ0) is 22.0. The van der Waals surface area contributed by atoms with Gasteiger partial charge in [0.2, 0.25) is 0 Å². The van der Waals surface area contributed by atoms with Crippen LogP contribution in [0.2, 0.25) is 0 Å². The summed E-state index contributed by atoms with van der Waals surface area (Å²) in [6.07, 6.45) is 7.82. The molecule has 0 saturated carbocycles. The van der Waals surface area contributed by atoms with Gasteiger partial charge in [-0.25, -0.2) is 19.9 Å². The second-order valence-electron chi connectivity index (χ2n) is 7.40. The van der Waals surface area contributed by atoms with E-state index in [-0.39, 0.29) is 5.91 Å². The van der Waals surface area contributed by atoms with Crippen LogP contribution in [0.25, 0.3) is 11.1 Å². The maximum absolute atomic E-state index is 13.2. The lowest BCUT2D eigenvalue weighted by atomic mass is 10.0. The first-order chi connectivity index (χ1) is 14.9. The molecule has 3 heterocycles. The van der Waals surface area contributed by atoms with E-state index in [1.54, 1.807) is 36.6 Å². The lowest BCUT2D eigenvalue weighted by molar-refractivity contribution is 0.0833. The fourth-order valence-electron chi connectivity index (χ4n) is 3.20. The van der Waals surface area contributed by atoms with Crippen molar-refractivity contribution in [2.45, 2.75) is 13.3 Å². The van der Waals surface area contributed by atoms with E-state index >= 15 is 0 Å². The summed E-state index contributed by atoms with van der Waals surface area (Å²) in [7, 11) is 5.51. The molecule has 0 fully saturated rings. The van der Waals surface area contributed by atoms with Crippen LogP contribution in [0.3, 0.4) is 0 Å². The number of aromatic nitrogens is 4. The van der Waals surface area contributed by atoms with Crippen molar-refractivity contribution in [3.05, 3.63) is 71.7 Å². The summed E-state index contributed by atoms with van der Waals surface area (Å²) in [6, 6.07) is 7.44. The maximum atomic E-state index is 13.2. The number of hydrogen-bond donors (Lipinski definition) is 1. The molecular weight excluding hydrogens is 390 g/mol. The van der Waals surface area contributed by atoms with E-state index in [2.05, 4.69) is 31.0 Å². The highest BCUT2D eigenvalue weighted by atomic mass is 16.2. The van der Waals surface area contributed by atoms with Gasteiger partial charge < -0.3 is 15.1 Å². The molecule has 3 aromatic rings. The number of amides is 1. The second kappa shape index (κ2) is 8.38. The molecule has 8 heteroatoms. The fraction of sp³-hybridized carbons (Fsp3) is 0.217. The number of carbonyl (C=O) groups is 1. The summed E-state index contributed by atoms with van der Waals surface area (Å²) in [5, 5.41) is 3.19. The predicted octanol–water partition coefficient (Wildman–Crippen LogP) is 3.57. The maximum Gasteiger partial charge on any atom is 0.262 e. The zero-order valence-electron chi connectivity index (χ0n) is 17.9. The smallest absolute Gasteiger partial charge is 0.262 e.